The average Bonchev–Trinajstić information content (AvgIpc) is 3.23. The number of nitrogen functional groups attached to an aromatic ring is 2. The molecule has 0 fully saturated rings. The Hall–Kier alpha value is -1.22. The molecule has 3 rings (SSSR count). The smallest absolute Gasteiger partial charge is 0.329 e. The molecule has 5 N–H and O–H groups in total. The first kappa shape index (κ1) is 31.8. The molecule has 0 spiro atoms. The van der Waals surface area contributed by atoms with Gasteiger partial charge in [-0.15, -0.1) is 4.68 Å². The Morgan fingerprint density at radius 2 is 1.55 bits per heavy atom. The Kier molecular flexibility index (Phi) is 15.8. The van der Waals surface area contributed by atoms with Gasteiger partial charge in [0.25, 0.3) is 0 Å². The van der Waals surface area contributed by atoms with Gasteiger partial charge in [0, 0.05) is 26.9 Å². The normalized spacial score (nSPS) is 9.76. The highest BCUT2D eigenvalue weighted by Crippen LogP contribution is 2.21. The van der Waals surface area contributed by atoms with Crippen molar-refractivity contribution in [2.75, 3.05) is 18.7 Å². The van der Waals surface area contributed by atoms with Crippen LogP contribution < -0.4 is 16.3 Å². The zero-order valence-corrected chi connectivity index (χ0v) is 25.5. The minimum absolute atomic E-state index is 0.408. The summed E-state index contributed by atoms with van der Waals surface area (Å²) in [6, 6.07) is 0. The van der Waals surface area contributed by atoms with E-state index in [0.29, 0.717) is 21.4 Å². The molecule has 0 saturated carbocycles. The number of aryl methyl sites for hydroxylation is 2. The summed E-state index contributed by atoms with van der Waals surface area (Å²) in [6.45, 7) is 7.87. The molecule has 0 aromatic carbocycles. The van der Waals surface area contributed by atoms with Crippen LogP contribution in [0, 0.1) is 13.8 Å². The summed E-state index contributed by atoms with van der Waals surface area (Å²) >= 11 is 13.2. The van der Waals surface area contributed by atoms with Crippen molar-refractivity contribution in [1.29, 1.82) is 0 Å². The molecule has 0 bridgehead atoms. The highest BCUT2D eigenvalue weighted by atomic mass is 79.9. The fourth-order valence-electron chi connectivity index (χ4n) is 2.08. The summed E-state index contributed by atoms with van der Waals surface area (Å²) in [6.07, 6.45) is 4.55. The quantitative estimate of drug-likeness (QED) is 0.208. The van der Waals surface area contributed by atoms with E-state index < -0.39 is 0 Å². The van der Waals surface area contributed by atoms with E-state index in [-0.39, 0.29) is 0 Å². The van der Waals surface area contributed by atoms with Gasteiger partial charge in [0.2, 0.25) is 0 Å². The fourth-order valence-corrected chi connectivity index (χ4v) is 4.07. The van der Waals surface area contributed by atoms with Crippen LogP contribution in [-0.2, 0) is 11.2 Å². The summed E-state index contributed by atoms with van der Waals surface area (Å²) in [5, 5.41) is 11.4. The lowest BCUT2D eigenvalue weighted by molar-refractivity contribution is -0.632. The predicted molar refractivity (Wildman–Crippen MR) is 143 cm³/mol. The molecule has 0 aliphatic heterocycles. The maximum absolute atomic E-state index is 9.40. The molecule has 3 heterocycles. The average molecular weight is 721 g/mol. The van der Waals surface area contributed by atoms with Crippen LogP contribution in [0.4, 0.5) is 5.82 Å². The van der Waals surface area contributed by atoms with Crippen LogP contribution in [-0.4, -0.2) is 43.1 Å². The lowest BCUT2D eigenvalue weighted by atomic mass is 10.3. The zero-order chi connectivity index (χ0) is 25.7. The monoisotopic (exact) mass is 717 g/mol. The first-order valence-corrected chi connectivity index (χ1v) is 13.0. The molecule has 0 atom stereocenters. The van der Waals surface area contributed by atoms with Crippen molar-refractivity contribution in [3.05, 3.63) is 35.6 Å². The number of hydrogen-bond acceptors (Lipinski definition) is 8. The topological polar surface area (TPSA) is 149 Å². The molecule has 0 aliphatic carbocycles. The molecule has 0 unspecified atom stereocenters. The summed E-state index contributed by atoms with van der Waals surface area (Å²) in [5.74, 6) is 6.85. The van der Waals surface area contributed by atoms with Crippen LogP contribution >= 0.6 is 63.7 Å². The van der Waals surface area contributed by atoms with Gasteiger partial charge in [-0.2, -0.15) is 5.10 Å². The van der Waals surface area contributed by atoms with Crippen molar-refractivity contribution in [3.8, 4) is 0 Å². The third-order valence-electron chi connectivity index (χ3n) is 3.86. The molecular formula is C19H29Br4N8O2+. The Balaban J connectivity index is 0.000000500. The molecule has 0 amide bonds. The summed E-state index contributed by atoms with van der Waals surface area (Å²) in [4.78, 5) is 22.2. The first-order valence-electron chi connectivity index (χ1n) is 9.82. The molecule has 0 aliphatic rings. The molecule has 3 aromatic heterocycles. The van der Waals surface area contributed by atoms with Crippen LogP contribution in [0.1, 0.15) is 50.3 Å². The van der Waals surface area contributed by atoms with Gasteiger partial charge < -0.3 is 9.90 Å². The van der Waals surface area contributed by atoms with Crippen LogP contribution in [0.3, 0.4) is 0 Å². The summed E-state index contributed by atoms with van der Waals surface area (Å²) < 4.78 is 5.90. The van der Waals surface area contributed by atoms with E-state index in [2.05, 4.69) is 90.7 Å². The number of carbonyl (C=O) groups is 1. The number of unbranched alkanes of at least 4 members (excludes halogenated alkanes) is 1. The molecule has 3 aromatic rings. The largest absolute Gasteiger partial charge is 0.400 e. The molecule has 0 saturated heterocycles. The van der Waals surface area contributed by atoms with E-state index in [4.69, 9.17) is 16.7 Å². The number of rotatable bonds is 4. The number of nitrogens with zero attached hydrogens (tertiary/aromatic N) is 6. The van der Waals surface area contributed by atoms with Gasteiger partial charge in [-0.1, -0.05) is 13.8 Å². The molecular weight excluding hydrogens is 692 g/mol. The van der Waals surface area contributed by atoms with E-state index >= 15 is 0 Å². The Labute approximate surface area is 227 Å². The number of aliphatic hydroxyl groups is 1. The SMILES string of the molecule is CCCC=O.CCCc1nc2c(Br)nc(Br)c(C)n2n1.CO.Cc1c(Br)nc(Br)c(N)[n+]1N. The minimum Gasteiger partial charge on any atom is -0.400 e. The maximum atomic E-state index is 9.40. The van der Waals surface area contributed by atoms with Crippen LogP contribution in [0.2, 0.25) is 0 Å². The Morgan fingerprint density at radius 1 is 0.970 bits per heavy atom. The van der Waals surface area contributed by atoms with Gasteiger partial charge in [-0.05, 0) is 83.5 Å². The van der Waals surface area contributed by atoms with Crippen molar-refractivity contribution in [3.63, 3.8) is 0 Å². The number of fused-ring (bicyclic) bond motifs is 1. The molecule has 10 nitrogen and oxygen atoms in total. The third-order valence-corrected chi connectivity index (χ3v) is 6.47. The van der Waals surface area contributed by atoms with Gasteiger partial charge >= 0.3 is 5.82 Å². The van der Waals surface area contributed by atoms with Gasteiger partial charge in [-0.25, -0.2) is 19.5 Å². The number of aliphatic hydroxyl groups excluding tert-OH is 1. The highest BCUT2D eigenvalue weighted by Gasteiger charge is 2.14. The number of aldehydes is 1. The van der Waals surface area contributed by atoms with Crippen molar-refractivity contribution in [2.45, 2.75) is 53.4 Å². The molecule has 0 radical (unpaired) electrons. The lowest BCUT2D eigenvalue weighted by Gasteiger charge is -2.01. The van der Waals surface area contributed by atoms with Crippen molar-refractivity contribution >= 4 is 81.5 Å². The van der Waals surface area contributed by atoms with E-state index in [1.54, 1.807) is 0 Å². The van der Waals surface area contributed by atoms with Gasteiger partial charge in [0.1, 0.15) is 10.9 Å². The minimum atomic E-state index is 0.408. The molecule has 14 heteroatoms. The number of halogens is 4. The van der Waals surface area contributed by atoms with E-state index in [0.717, 1.165) is 64.7 Å². The maximum Gasteiger partial charge on any atom is 0.329 e. The Morgan fingerprint density at radius 3 is 2.03 bits per heavy atom. The number of hydrogen-bond donors (Lipinski definition) is 3. The summed E-state index contributed by atoms with van der Waals surface area (Å²) in [5.41, 5.74) is 8.08. The lowest BCUT2D eigenvalue weighted by Crippen LogP contribution is -2.50. The first-order chi connectivity index (χ1) is 15.6. The number of carbonyl (C=O) groups excluding carboxylic acids is 1. The Bertz CT molecular complexity index is 1020. The number of nitrogens with two attached hydrogens (primary N) is 2. The van der Waals surface area contributed by atoms with Crippen molar-refractivity contribution in [1.82, 2.24) is 24.6 Å². The second kappa shape index (κ2) is 16.4. The second-order valence-corrected chi connectivity index (χ2v) is 9.29. The molecule has 184 valence electrons. The zero-order valence-electron chi connectivity index (χ0n) is 19.1. The van der Waals surface area contributed by atoms with Crippen molar-refractivity contribution < 1.29 is 14.6 Å². The molecule has 33 heavy (non-hydrogen) atoms. The van der Waals surface area contributed by atoms with Gasteiger partial charge in [0.15, 0.2) is 31.0 Å². The van der Waals surface area contributed by atoms with Crippen LogP contribution in [0.5, 0.6) is 0 Å². The van der Waals surface area contributed by atoms with E-state index in [1.165, 1.54) is 4.68 Å². The number of aromatic nitrogens is 6. The van der Waals surface area contributed by atoms with E-state index in [1.807, 2.05) is 25.3 Å². The summed E-state index contributed by atoms with van der Waals surface area (Å²) in [7, 11) is 1.00. The standard InChI is InChI=1S/C9H10Br2N4.C5H6Br2N4.C4H8O.CH4O/c1-3-4-6-12-9-8(11)13-7(10)5(2)15(9)14-6;1-2-3(6)10-4(7)5(8)11(2)9;1-2-3-4-5;1-2/h3-4H2,1-2H3;8H,9H2,1H3;4H,2-3H2,1H3;2H,1H3/p+1. The predicted octanol–water partition coefficient (Wildman–Crippen LogP) is 4.00. The van der Waals surface area contributed by atoms with Gasteiger partial charge in [0.05, 0.1) is 5.69 Å². The number of anilines is 1. The van der Waals surface area contributed by atoms with E-state index in [9.17, 15) is 4.79 Å². The van der Waals surface area contributed by atoms with Crippen LogP contribution in [0.25, 0.3) is 5.65 Å². The fraction of sp³-hybridized carbons (Fsp3) is 0.474. The van der Waals surface area contributed by atoms with Crippen molar-refractivity contribution in [2.24, 2.45) is 0 Å². The third kappa shape index (κ3) is 9.51. The van der Waals surface area contributed by atoms with Crippen LogP contribution in [0.15, 0.2) is 18.4 Å². The van der Waals surface area contributed by atoms with Gasteiger partial charge in [-0.3, -0.25) is 11.6 Å². The second-order valence-electron chi connectivity index (χ2n) is 6.28. The highest BCUT2D eigenvalue weighted by molar-refractivity contribution is 9.11.